The van der Waals surface area contributed by atoms with Gasteiger partial charge in [0.2, 0.25) is 5.91 Å². The molecule has 1 aliphatic rings. The summed E-state index contributed by atoms with van der Waals surface area (Å²) >= 11 is 1.60. The molecule has 1 aromatic carbocycles. The number of methoxy groups -OCH3 is 1. The van der Waals surface area contributed by atoms with Crippen LogP contribution >= 0.6 is 11.3 Å². The Bertz CT molecular complexity index is 1200. The van der Waals surface area contributed by atoms with Crippen molar-refractivity contribution in [2.75, 3.05) is 12.4 Å². The average Bonchev–Trinajstić information content (AvgIpc) is 2.93. The number of nitrogens with zero attached hydrogens (tertiary/aromatic N) is 2. The molecule has 2 aromatic heterocycles. The number of anilines is 1. The van der Waals surface area contributed by atoms with Crippen LogP contribution in [0.25, 0.3) is 10.2 Å². The van der Waals surface area contributed by atoms with Gasteiger partial charge in [0.25, 0.3) is 5.56 Å². The fourth-order valence-corrected chi connectivity index (χ4v) is 5.04. The van der Waals surface area contributed by atoms with Crippen molar-refractivity contribution < 1.29 is 14.3 Å². The van der Waals surface area contributed by atoms with E-state index in [2.05, 4.69) is 10.3 Å². The van der Waals surface area contributed by atoms with Crippen molar-refractivity contribution in [3.63, 3.8) is 0 Å². The van der Waals surface area contributed by atoms with E-state index in [4.69, 9.17) is 4.74 Å². The van der Waals surface area contributed by atoms with E-state index in [1.54, 1.807) is 29.5 Å². The number of rotatable bonds is 4. The number of esters is 1. The Kier molecular flexibility index (Phi) is 5.67. The molecule has 8 heteroatoms. The van der Waals surface area contributed by atoms with Gasteiger partial charge in [0.15, 0.2) is 0 Å². The Balaban J connectivity index is 1.60. The molecular weight excluding hydrogens is 402 g/mol. The standard InChI is InChI=1S/C22H23N3O4S/c1-13-8-9-14(22(28)29-2)10-16(13)24-18(26)11-25-12-23-20-19(21(25)27)15-6-4-3-5-7-17(15)30-20/h8-10,12H,3-7,11H2,1-2H3,(H,24,26). The van der Waals surface area contributed by atoms with E-state index in [0.717, 1.165) is 41.6 Å². The zero-order valence-electron chi connectivity index (χ0n) is 17.0. The van der Waals surface area contributed by atoms with Crippen LogP contribution in [0.2, 0.25) is 0 Å². The lowest BCUT2D eigenvalue weighted by atomic mass is 10.1. The van der Waals surface area contributed by atoms with Crippen molar-refractivity contribution in [3.05, 3.63) is 56.4 Å². The molecule has 2 heterocycles. The SMILES string of the molecule is COC(=O)c1ccc(C)c(NC(=O)Cn2cnc3sc4c(c3c2=O)CCCCC4)c1. The Labute approximate surface area is 177 Å². The highest BCUT2D eigenvalue weighted by molar-refractivity contribution is 7.18. The largest absolute Gasteiger partial charge is 0.465 e. The van der Waals surface area contributed by atoms with Crippen molar-refractivity contribution in [1.82, 2.24) is 9.55 Å². The number of hydrogen-bond donors (Lipinski definition) is 1. The number of fused-ring (bicyclic) bond motifs is 3. The van der Waals surface area contributed by atoms with E-state index in [1.807, 2.05) is 6.92 Å². The average molecular weight is 426 g/mol. The Morgan fingerprint density at radius 3 is 2.83 bits per heavy atom. The second-order valence-corrected chi connectivity index (χ2v) is 8.58. The van der Waals surface area contributed by atoms with Gasteiger partial charge in [-0.2, -0.15) is 0 Å². The zero-order chi connectivity index (χ0) is 21.3. The minimum atomic E-state index is -0.477. The van der Waals surface area contributed by atoms with E-state index >= 15 is 0 Å². The van der Waals surface area contributed by atoms with Crippen LogP contribution < -0.4 is 10.9 Å². The molecule has 1 amide bonds. The van der Waals surface area contributed by atoms with Crippen molar-refractivity contribution in [2.24, 2.45) is 0 Å². The van der Waals surface area contributed by atoms with Gasteiger partial charge in [-0.15, -0.1) is 11.3 Å². The molecule has 0 unspecified atom stereocenters. The van der Waals surface area contributed by atoms with Crippen LogP contribution in [0, 0.1) is 6.92 Å². The molecule has 0 atom stereocenters. The normalized spacial score (nSPS) is 13.5. The third-order valence-electron chi connectivity index (χ3n) is 5.44. The number of nitrogens with one attached hydrogen (secondary N) is 1. The maximum absolute atomic E-state index is 13.1. The van der Waals surface area contributed by atoms with Crippen LogP contribution in [0.1, 0.15) is 45.6 Å². The Morgan fingerprint density at radius 2 is 2.03 bits per heavy atom. The summed E-state index contributed by atoms with van der Waals surface area (Å²) in [5, 5.41) is 3.45. The van der Waals surface area contributed by atoms with Gasteiger partial charge in [-0.3, -0.25) is 14.2 Å². The summed E-state index contributed by atoms with van der Waals surface area (Å²) in [6.45, 7) is 1.69. The molecule has 4 rings (SSSR count). The van der Waals surface area contributed by atoms with Crippen LogP contribution in [-0.2, 0) is 28.9 Å². The highest BCUT2D eigenvalue weighted by Crippen LogP contribution is 2.32. The van der Waals surface area contributed by atoms with Crippen molar-refractivity contribution in [2.45, 2.75) is 45.6 Å². The molecule has 0 fully saturated rings. The second-order valence-electron chi connectivity index (χ2n) is 7.49. The summed E-state index contributed by atoms with van der Waals surface area (Å²) in [6.07, 6.45) is 6.71. The third-order valence-corrected chi connectivity index (χ3v) is 6.64. The predicted octanol–water partition coefficient (Wildman–Crippen LogP) is 3.46. The molecule has 156 valence electrons. The Morgan fingerprint density at radius 1 is 1.23 bits per heavy atom. The number of hydrogen-bond acceptors (Lipinski definition) is 6. The van der Waals surface area contributed by atoms with Gasteiger partial charge in [0.05, 0.1) is 24.4 Å². The molecule has 0 radical (unpaired) electrons. The molecule has 7 nitrogen and oxygen atoms in total. The lowest BCUT2D eigenvalue weighted by molar-refractivity contribution is -0.116. The summed E-state index contributed by atoms with van der Waals surface area (Å²) < 4.78 is 6.09. The fourth-order valence-electron chi connectivity index (χ4n) is 3.82. The lowest BCUT2D eigenvalue weighted by Crippen LogP contribution is -2.28. The van der Waals surface area contributed by atoms with Gasteiger partial charge in [-0.05, 0) is 55.9 Å². The maximum Gasteiger partial charge on any atom is 0.337 e. The number of aromatic nitrogens is 2. The summed E-state index contributed by atoms with van der Waals surface area (Å²) in [4.78, 5) is 43.9. The summed E-state index contributed by atoms with van der Waals surface area (Å²) in [7, 11) is 1.31. The smallest absolute Gasteiger partial charge is 0.337 e. The van der Waals surface area contributed by atoms with Gasteiger partial charge in [0.1, 0.15) is 11.4 Å². The van der Waals surface area contributed by atoms with Crippen molar-refractivity contribution in [1.29, 1.82) is 0 Å². The van der Waals surface area contributed by atoms with Gasteiger partial charge >= 0.3 is 5.97 Å². The molecule has 0 bridgehead atoms. The molecule has 30 heavy (non-hydrogen) atoms. The molecule has 0 saturated carbocycles. The number of thiophene rings is 1. The highest BCUT2D eigenvalue weighted by atomic mass is 32.1. The van der Waals surface area contributed by atoms with E-state index in [1.165, 1.54) is 29.3 Å². The molecule has 0 spiro atoms. The highest BCUT2D eigenvalue weighted by Gasteiger charge is 2.20. The zero-order valence-corrected chi connectivity index (χ0v) is 17.8. The lowest BCUT2D eigenvalue weighted by Gasteiger charge is -2.11. The van der Waals surface area contributed by atoms with Gasteiger partial charge in [-0.1, -0.05) is 12.5 Å². The van der Waals surface area contributed by atoms with Crippen molar-refractivity contribution in [3.8, 4) is 0 Å². The second kappa shape index (κ2) is 8.39. The first-order valence-corrected chi connectivity index (χ1v) is 10.8. The maximum atomic E-state index is 13.1. The van der Waals surface area contributed by atoms with Crippen molar-refractivity contribution >= 4 is 39.1 Å². The van der Waals surface area contributed by atoms with Crippen LogP contribution in [-0.4, -0.2) is 28.5 Å². The summed E-state index contributed by atoms with van der Waals surface area (Å²) in [5.74, 6) is -0.834. The molecule has 0 saturated heterocycles. The molecule has 1 aliphatic carbocycles. The molecular formula is C22H23N3O4S. The number of aryl methyl sites for hydroxylation is 3. The van der Waals surface area contributed by atoms with Gasteiger partial charge in [0, 0.05) is 10.6 Å². The molecule has 1 N–H and O–H groups in total. The molecule has 3 aromatic rings. The number of carbonyl (C=O) groups excluding carboxylic acids is 2. The summed E-state index contributed by atoms with van der Waals surface area (Å²) in [6, 6.07) is 4.95. The first-order valence-electron chi connectivity index (χ1n) is 9.96. The number of amides is 1. The number of carbonyl (C=O) groups is 2. The van der Waals surface area contributed by atoms with Crippen LogP contribution in [0.5, 0.6) is 0 Å². The topological polar surface area (TPSA) is 90.3 Å². The quantitative estimate of drug-likeness (QED) is 0.511. The molecule has 0 aliphatic heterocycles. The van der Waals surface area contributed by atoms with Gasteiger partial charge in [-0.25, -0.2) is 9.78 Å². The van der Waals surface area contributed by atoms with E-state index in [9.17, 15) is 14.4 Å². The van der Waals surface area contributed by atoms with Crippen LogP contribution in [0.4, 0.5) is 5.69 Å². The number of benzene rings is 1. The summed E-state index contributed by atoms with van der Waals surface area (Å²) in [5.41, 5.74) is 2.60. The first kappa shape index (κ1) is 20.3. The minimum Gasteiger partial charge on any atom is -0.465 e. The van der Waals surface area contributed by atoms with Gasteiger partial charge < -0.3 is 10.1 Å². The van der Waals surface area contributed by atoms with Crippen LogP contribution in [0.3, 0.4) is 0 Å². The van der Waals surface area contributed by atoms with E-state index < -0.39 is 5.97 Å². The minimum absolute atomic E-state index is 0.145. The first-order chi connectivity index (χ1) is 14.5. The Hall–Kier alpha value is -3.00. The monoisotopic (exact) mass is 425 g/mol. The third kappa shape index (κ3) is 3.87. The fraction of sp³-hybridized carbons (Fsp3) is 0.364. The van der Waals surface area contributed by atoms with E-state index in [-0.39, 0.29) is 18.0 Å². The van der Waals surface area contributed by atoms with E-state index in [0.29, 0.717) is 16.6 Å². The number of ether oxygens (including phenoxy) is 1. The van der Waals surface area contributed by atoms with Crippen LogP contribution in [0.15, 0.2) is 29.3 Å². The predicted molar refractivity (Wildman–Crippen MR) is 116 cm³/mol.